The summed E-state index contributed by atoms with van der Waals surface area (Å²) in [7, 11) is 0. The zero-order valence-corrected chi connectivity index (χ0v) is 12.1. The smallest absolute Gasteiger partial charge is 0.311 e. The monoisotopic (exact) mass is 286 g/mol. The van der Waals surface area contributed by atoms with E-state index in [2.05, 4.69) is 10.3 Å². The summed E-state index contributed by atoms with van der Waals surface area (Å²) in [5, 5.41) is 12.9. The molecule has 2 aromatic rings. The number of aliphatic carboxylic acids is 1. The molecule has 3 rings (SSSR count). The lowest BCUT2D eigenvalue weighted by atomic mass is 10.1. The first-order chi connectivity index (χ1) is 9.94. The Morgan fingerprint density at radius 3 is 2.67 bits per heavy atom. The van der Waals surface area contributed by atoms with Gasteiger partial charge in [0.05, 0.1) is 16.5 Å². The molecule has 1 fully saturated rings. The molecule has 0 bridgehead atoms. The number of carbonyl (C=O) groups is 2. The third-order valence-corrected chi connectivity index (χ3v) is 4.48. The number of para-hydroxylation sites is 1. The molecule has 5 heteroatoms. The van der Waals surface area contributed by atoms with Crippen molar-refractivity contribution in [2.75, 3.05) is 6.54 Å². The van der Waals surface area contributed by atoms with Gasteiger partial charge in [-0.05, 0) is 38.3 Å². The fourth-order valence-corrected chi connectivity index (χ4v) is 2.63. The summed E-state index contributed by atoms with van der Waals surface area (Å²) in [5.74, 6) is -1.05. The number of H-pyrrole nitrogens is 1. The molecule has 1 saturated carbocycles. The van der Waals surface area contributed by atoms with Gasteiger partial charge in [-0.25, -0.2) is 0 Å². The van der Waals surface area contributed by atoms with E-state index in [1.54, 1.807) is 6.07 Å². The van der Waals surface area contributed by atoms with Crippen LogP contribution in [0.15, 0.2) is 18.2 Å². The Labute approximate surface area is 122 Å². The minimum atomic E-state index is -0.826. The third kappa shape index (κ3) is 2.18. The van der Waals surface area contributed by atoms with Crippen molar-refractivity contribution in [2.24, 2.45) is 5.41 Å². The number of amides is 1. The molecule has 1 aromatic carbocycles. The van der Waals surface area contributed by atoms with Crippen LogP contribution >= 0.6 is 0 Å². The lowest BCUT2D eigenvalue weighted by molar-refractivity contribution is -0.143. The van der Waals surface area contributed by atoms with E-state index in [1.165, 1.54) is 0 Å². The van der Waals surface area contributed by atoms with Crippen molar-refractivity contribution in [3.8, 4) is 0 Å². The van der Waals surface area contributed by atoms with Crippen molar-refractivity contribution >= 4 is 22.8 Å². The molecule has 1 amide bonds. The highest BCUT2D eigenvalue weighted by Gasteiger charge is 2.50. The Balaban J connectivity index is 1.85. The minimum absolute atomic E-state index is 0.191. The minimum Gasteiger partial charge on any atom is -0.481 e. The lowest BCUT2D eigenvalue weighted by Gasteiger charge is -2.11. The standard InChI is InChI=1S/C16H18N2O3/c1-9-10(2)18-13-11(9)4-3-5-12(13)14(19)17-8-16(6-7-16)15(20)21/h3-5,18H,6-8H2,1-2H3,(H,17,19)(H,20,21). The predicted octanol–water partition coefficient (Wildman–Crippen LogP) is 2.38. The van der Waals surface area contributed by atoms with E-state index in [9.17, 15) is 9.59 Å². The van der Waals surface area contributed by atoms with Gasteiger partial charge in [-0.1, -0.05) is 12.1 Å². The second-order valence-corrected chi connectivity index (χ2v) is 5.87. The van der Waals surface area contributed by atoms with Crippen molar-refractivity contribution in [3.05, 3.63) is 35.0 Å². The van der Waals surface area contributed by atoms with Gasteiger partial charge in [-0.2, -0.15) is 0 Å². The average Bonchev–Trinajstić information content (AvgIpc) is 3.20. The maximum atomic E-state index is 12.4. The van der Waals surface area contributed by atoms with Crippen molar-refractivity contribution < 1.29 is 14.7 Å². The maximum Gasteiger partial charge on any atom is 0.311 e. The summed E-state index contributed by atoms with van der Waals surface area (Å²) in [5.41, 5.74) is 2.79. The molecule has 1 aliphatic rings. The fourth-order valence-electron chi connectivity index (χ4n) is 2.63. The highest BCUT2D eigenvalue weighted by Crippen LogP contribution is 2.45. The number of aryl methyl sites for hydroxylation is 2. The number of carboxylic acids is 1. The molecule has 0 atom stereocenters. The Morgan fingerprint density at radius 1 is 1.33 bits per heavy atom. The van der Waals surface area contributed by atoms with E-state index in [0.29, 0.717) is 18.4 Å². The molecule has 0 aliphatic heterocycles. The first-order valence-corrected chi connectivity index (χ1v) is 7.04. The molecular weight excluding hydrogens is 268 g/mol. The van der Waals surface area contributed by atoms with Crippen LogP contribution in [0.1, 0.15) is 34.5 Å². The van der Waals surface area contributed by atoms with E-state index in [1.807, 2.05) is 26.0 Å². The number of aromatic amines is 1. The molecule has 21 heavy (non-hydrogen) atoms. The molecule has 110 valence electrons. The second-order valence-electron chi connectivity index (χ2n) is 5.87. The van der Waals surface area contributed by atoms with E-state index in [0.717, 1.165) is 22.2 Å². The van der Waals surface area contributed by atoms with Crippen LogP contribution in [0.25, 0.3) is 10.9 Å². The van der Waals surface area contributed by atoms with Gasteiger partial charge in [0.15, 0.2) is 0 Å². The van der Waals surface area contributed by atoms with E-state index < -0.39 is 11.4 Å². The van der Waals surface area contributed by atoms with Gasteiger partial charge in [0, 0.05) is 17.6 Å². The van der Waals surface area contributed by atoms with Crippen molar-refractivity contribution in [1.29, 1.82) is 0 Å². The molecule has 3 N–H and O–H groups in total. The van der Waals surface area contributed by atoms with Crippen LogP contribution in [0.5, 0.6) is 0 Å². The number of hydrogen-bond acceptors (Lipinski definition) is 2. The Bertz CT molecular complexity index is 741. The number of fused-ring (bicyclic) bond motifs is 1. The number of aromatic nitrogens is 1. The normalized spacial score (nSPS) is 15.9. The van der Waals surface area contributed by atoms with Gasteiger partial charge in [-0.3, -0.25) is 9.59 Å². The molecule has 1 aromatic heterocycles. The van der Waals surface area contributed by atoms with Crippen LogP contribution < -0.4 is 5.32 Å². The summed E-state index contributed by atoms with van der Waals surface area (Å²) in [6.07, 6.45) is 1.26. The topological polar surface area (TPSA) is 82.2 Å². The van der Waals surface area contributed by atoms with Crippen molar-refractivity contribution in [3.63, 3.8) is 0 Å². The van der Waals surface area contributed by atoms with Gasteiger partial charge >= 0.3 is 5.97 Å². The van der Waals surface area contributed by atoms with Gasteiger partial charge in [0.2, 0.25) is 0 Å². The highest BCUT2D eigenvalue weighted by molar-refractivity contribution is 6.06. The quantitative estimate of drug-likeness (QED) is 0.807. The van der Waals surface area contributed by atoms with Crippen LogP contribution in [0.4, 0.5) is 0 Å². The summed E-state index contributed by atoms with van der Waals surface area (Å²) in [6, 6.07) is 5.58. The highest BCUT2D eigenvalue weighted by atomic mass is 16.4. The maximum absolute atomic E-state index is 12.4. The summed E-state index contributed by atoms with van der Waals surface area (Å²) in [4.78, 5) is 26.7. The first kappa shape index (κ1) is 13.7. The van der Waals surface area contributed by atoms with Gasteiger partial charge in [0.1, 0.15) is 0 Å². The van der Waals surface area contributed by atoms with Crippen LogP contribution in [0.3, 0.4) is 0 Å². The third-order valence-electron chi connectivity index (χ3n) is 4.48. The molecule has 5 nitrogen and oxygen atoms in total. The summed E-state index contributed by atoms with van der Waals surface area (Å²) < 4.78 is 0. The fraction of sp³-hybridized carbons (Fsp3) is 0.375. The molecule has 0 saturated heterocycles. The number of hydrogen-bond donors (Lipinski definition) is 3. The van der Waals surface area contributed by atoms with Crippen LogP contribution in [0, 0.1) is 19.3 Å². The lowest BCUT2D eigenvalue weighted by Crippen LogP contribution is -2.34. The largest absolute Gasteiger partial charge is 0.481 e. The van der Waals surface area contributed by atoms with Gasteiger partial charge in [-0.15, -0.1) is 0 Å². The van der Waals surface area contributed by atoms with E-state index in [4.69, 9.17) is 5.11 Å². The predicted molar refractivity (Wildman–Crippen MR) is 79.4 cm³/mol. The number of carbonyl (C=O) groups excluding carboxylic acids is 1. The number of benzene rings is 1. The van der Waals surface area contributed by atoms with E-state index >= 15 is 0 Å². The number of carboxylic acid groups (broad SMARTS) is 1. The summed E-state index contributed by atoms with van der Waals surface area (Å²) >= 11 is 0. The van der Waals surface area contributed by atoms with E-state index in [-0.39, 0.29) is 12.5 Å². The number of rotatable bonds is 4. The zero-order valence-electron chi connectivity index (χ0n) is 12.1. The average molecular weight is 286 g/mol. The molecule has 0 spiro atoms. The Morgan fingerprint density at radius 2 is 2.05 bits per heavy atom. The second kappa shape index (κ2) is 4.62. The first-order valence-electron chi connectivity index (χ1n) is 7.04. The molecule has 1 aliphatic carbocycles. The van der Waals surface area contributed by atoms with Crippen LogP contribution in [-0.2, 0) is 4.79 Å². The van der Waals surface area contributed by atoms with Crippen LogP contribution in [-0.4, -0.2) is 28.5 Å². The van der Waals surface area contributed by atoms with Crippen molar-refractivity contribution in [1.82, 2.24) is 10.3 Å². The van der Waals surface area contributed by atoms with Crippen LogP contribution in [0.2, 0.25) is 0 Å². The Hall–Kier alpha value is -2.30. The molecule has 1 heterocycles. The SMILES string of the molecule is Cc1[nH]c2c(C(=O)NCC3(C(=O)O)CC3)cccc2c1C. The zero-order chi connectivity index (χ0) is 15.2. The Kier molecular flexibility index (Phi) is 3.01. The molecule has 0 radical (unpaired) electrons. The van der Waals surface area contributed by atoms with Gasteiger partial charge in [0.25, 0.3) is 5.91 Å². The van der Waals surface area contributed by atoms with Gasteiger partial charge < -0.3 is 15.4 Å². The van der Waals surface area contributed by atoms with Crippen molar-refractivity contribution in [2.45, 2.75) is 26.7 Å². The molecular formula is C16H18N2O3. The summed E-state index contributed by atoms with van der Waals surface area (Å²) in [6.45, 7) is 4.18. The molecule has 0 unspecified atom stereocenters. The number of nitrogens with one attached hydrogen (secondary N) is 2.